The first-order valence-corrected chi connectivity index (χ1v) is 20.9. The molecule has 15 nitrogen and oxygen atoms in total. The zero-order chi connectivity index (χ0) is 44.1. The predicted molar refractivity (Wildman–Crippen MR) is 223 cm³/mol. The number of fused-ring (bicyclic) bond motifs is 2. The zero-order valence-electron chi connectivity index (χ0n) is 34.5. The van der Waals surface area contributed by atoms with Crippen LogP contribution in [0.4, 0.5) is 14.5 Å². The third kappa shape index (κ3) is 7.64. The molecule has 3 aromatic carbocycles. The molecular weight excluding hydrogens is 815 g/mol. The average Bonchev–Trinajstić information content (AvgIpc) is 3.90. The molecule has 0 bridgehead atoms. The van der Waals surface area contributed by atoms with E-state index in [0.29, 0.717) is 55.9 Å². The van der Waals surface area contributed by atoms with Gasteiger partial charge in [0.1, 0.15) is 17.6 Å². The van der Waals surface area contributed by atoms with Crippen LogP contribution in [0.25, 0.3) is 22.2 Å². The molecule has 9 rings (SSSR count). The van der Waals surface area contributed by atoms with Gasteiger partial charge < -0.3 is 19.3 Å². The van der Waals surface area contributed by atoms with Crippen molar-refractivity contribution in [1.82, 2.24) is 35.1 Å². The Morgan fingerprint density at radius 1 is 0.889 bits per heavy atom. The number of anilines is 1. The van der Waals surface area contributed by atoms with Crippen molar-refractivity contribution in [2.75, 3.05) is 31.1 Å². The lowest BCUT2D eigenvalue weighted by atomic mass is 9.98. The van der Waals surface area contributed by atoms with Crippen molar-refractivity contribution in [2.24, 2.45) is 0 Å². The molecule has 0 radical (unpaired) electrons. The lowest BCUT2D eigenvalue weighted by Gasteiger charge is -2.38. The van der Waals surface area contributed by atoms with Gasteiger partial charge in [0.05, 0.1) is 47.0 Å². The fourth-order valence-electron chi connectivity index (χ4n) is 9.36. The van der Waals surface area contributed by atoms with E-state index in [2.05, 4.69) is 32.2 Å². The molecule has 3 fully saturated rings. The van der Waals surface area contributed by atoms with E-state index >= 15 is 0 Å². The van der Waals surface area contributed by atoms with Crippen LogP contribution >= 0.6 is 0 Å². The number of hydrogen-bond donors (Lipinski definition) is 2. The second-order valence-corrected chi connectivity index (χ2v) is 16.3. The summed E-state index contributed by atoms with van der Waals surface area (Å²) in [7, 11) is 0. The molecule has 2 atom stereocenters. The number of imidazole rings is 1. The maximum atomic E-state index is 14.6. The molecule has 17 heteroatoms. The highest BCUT2D eigenvalue weighted by Crippen LogP contribution is 2.41. The van der Waals surface area contributed by atoms with Crippen molar-refractivity contribution in [3.8, 4) is 23.0 Å². The molecule has 6 heterocycles. The van der Waals surface area contributed by atoms with Gasteiger partial charge in [0.25, 0.3) is 11.8 Å². The Bertz CT molecular complexity index is 2800. The maximum absolute atomic E-state index is 14.6. The first-order chi connectivity index (χ1) is 30.4. The first-order valence-electron chi connectivity index (χ1n) is 20.9. The lowest BCUT2D eigenvalue weighted by Crippen LogP contribution is -2.54. The van der Waals surface area contributed by atoms with Crippen molar-refractivity contribution >= 4 is 52.2 Å². The van der Waals surface area contributed by atoms with Crippen LogP contribution in [0.2, 0.25) is 0 Å². The number of benzene rings is 3. The molecule has 4 aliphatic heterocycles. The number of carbonyl (C=O) groups is 6. The molecule has 322 valence electrons. The Labute approximate surface area is 359 Å². The minimum absolute atomic E-state index is 0.00995. The van der Waals surface area contributed by atoms with E-state index in [4.69, 9.17) is 9.51 Å². The molecular formula is C46H42F2N8O7. The number of piperidine rings is 3. The van der Waals surface area contributed by atoms with E-state index in [0.717, 1.165) is 39.4 Å². The lowest BCUT2D eigenvalue weighted by molar-refractivity contribution is -0.136. The van der Waals surface area contributed by atoms with Gasteiger partial charge in [-0.25, -0.2) is 13.8 Å². The Morgan fingerprint density at radius 3 is 2.44 bits per heavy atom. The third-order valence-electron chi connectivity index (χ3n) is 12.3. The topological polar surface area (TPSA) is 180 Å². The van der Waals surface area contributed by atoms with Crippen LogP contribution in [-0.2, 0) is 19.2 Å². The normalized spacial score (nSPS) is 19.7. The summed E-state index contributed by atoms with van der Waals surface area (Å²) in [5, 5.41) is 9.12. The molecule has 63 heavy (non-hydrogen) atoms. The zero-order valence-corrected chi connectivity index (χ0v) is 34.5. The van der Waals surface area contributed by atoms with Gasteiger partial charge >= 0.3 is 0 Å². The molecule has 1 unspecified atom stereocenters. The number of amides is 6. The number of hydrogen-bond acceptors (Lipinski definition) is 10. The molecule has 0 saturated carbocycles. The minimum Gasteiger partial charge on any atom is -0.361 e. The summed E-state index contributed by atoms with van der Waals surface area (Å²) in [5.41, 5.74) is 4.80. The highest BCUT2D eigenvalue weighted by molar-refractivity contribution is 6.24. The molecule has 3 saturated heterocycles. The monoisotopic (exact) mass is 856 g/mol. The smallest absolute Gasteiger partial charge is 0.263 e. The van der Waals surface area contributed by atoms with Gasteiger partial charge in [-0.05, 0) is 87.9 Å². The first kappa shape index (κ1) is 41.3. The van der Waals surface area contributed by atoms with E-state index in [9.17, 15) is 37.5 Å². The molecule has 5 aromatic rings. The van der Waals surface area contributed by atoms with Crippen molar-refractivity contribution in [1.29, 1.82) is 0 Å². The number of rotatable bonds is 8. The van der Waals surface area contributed by atoms with Crippen LogP contribution in [-0.4, -0.2) is 92.2 Å². The van der Waals surface area contributed by atoms with Crippen LogP contribution in [0.1, 0.15) is 101 Å². The molecule has 2 N–H and O–H groups in total. The fourth-order valence-corrected chi connectivity index (χ4v) is 9.36. The summed E-state index contributed by atoms with van der Waals surface area (Å²) < 4.78 is 36.3. The standard InChI is InChI=1S/C46H42F2N8O7/c1-25-41(26(2)63-52-25)28-11-14-35-34(22-28)50-43(36-9-4-10-40(59)54(36)30-12-13-32(47)33(48)23-30)55(35)29-17-20-53(21-18-29)24-39(58)49-19-5-7-27-6-3-8-31-42(27)46(62)56(45(31)61)37-15-16-38(57)51-44(37)60/h3,6,8,11-14,22-23,29,36-37H,4,9-10,15-21,24H2,1-2H3,(H,49,58)(H,51,57,60)/t36-,37?/m0/s1. The van der Waals surface area contributed by atoms with Gasteiger partial charge in [-0.1, -0.05) is 29.1 Å². The minimum atomic E-state index is -1.09. The summed E-state index contributed by atoms with van der Waals surface area (Å²) in [4.78, 5) is 87.1. The number of aryl methyl sites for hydroxylation is 2. The summed E-state index contributed by atoms with van der Waals surface area (Å²) >= 11 is 0. The van der Waals surface area contributed by atoms with Gasteiger partial charge in [0, 0.05) is 54.9 Å². The predicted octanol–water partition coefficient (Wildman–Crippen LogP) is 5.05. The van der Waals surface area contributed by atoms with E-state index in [1.54, 1.807) is 17.0 Å². The summed E-state index contributed by atoms with van der Waals surface area (Å²) in [6.07, 6.45) is 2.79. The van der Waals surface area contributed by atoms with Crippen molar-refractivity contribution in [2.45, 2.75) is 76.9 Å². The van der Waals surface area contributed by atoms with Crippen LogP contribution in [0, 0.1) is 37.3 Å². The largest absolute Gasteiger partial charge is 0.361 e. The SMILES string of the molecule is Cc1noc(C)c1-c1ccc2c(c1)nc([C@@H]1CCCC(=O)N1c1ccc(F)c(F)c1)n2C1CCN(CC(=O)NCC#Cc2cccc3c2C(=O)N(C2CCC(=O)NC2=O)C3=O)CC1. The Kier molecular flexibility index (Phi) is 10.9. The number of carbonyl (C=O) groups excluding carboxylic acids is 6. The van der Waals surface area contributed by atoms with Gasteiger partial charge in [-0.3, -0.25) is 43.9 Å². The highest BCUT2D eigenvalue weighted by atomic mass is 19.2. The Hall–Kier alpha value is -7.06. The van der Waals surface area contributed by atoms with Gasteiger partial charge in [-0.2, -0.15) is 0 Å². The van der Waals surface area contributed by atoms with Crippen molar-refractivity contribution < 1.29 is 42.1 Å². The Balaban J connectivity index is 0.898. The van der Waals surface area contributed by atoms with Gasteiger partial charge in [0.2, 0.25) is 23.6 Å². The molecule has 6 amide bonds. The number of nitrogens with zero attached hydrogens (tertiary/aromatic N) is 6. The number of imide groups is 2. The maximum Gasteiger partial charge on any atom is 0.263 e. The van der Waals surface area contributed by atoms with Crippen LogP contribution in [0.5, 0.6) is 0 Å². The number of aromatic nitrogens is 3. The van der Waals surface area contributed by atoms with E-state index in [1.165, 1.54) is 12.1 Å². The van der Waals surface area contributed by atoms with E-state index < -0.39 is 47.3 Å². The second-order valence-electron chi connectivity index (χ2n) is 16.3. The van der Waals surface area contributed by atoms with Crippen LogP contribution < -0.4 is 15.5 Å². The Morgan fingerprint density at radius 2 is 1.70 bits per heavy atom. The summed E-state index contributed by atoms with van der Waals surface area (Å²) in [5.74, 6) is 2.15. The van der Waals surface area contributed by atoms with Crippen molar-refractivity contribution in [3.05, 3.63) is 100 Å². The van der Waals surface area contributed by atoms with E-state index in [-0.39, 0.29) is 72.6 Å². The quantitative estimate of drug-likeness (QED) is 0.159. The van der Waals surface area contributed by atoms with Crippen molar-refractivity contribution in [3.63, 3.8) is 0 Å². The van der Waals surface area contributed by atoms with Crippen LogP contribution in [0.3, 0.4) is 0 Å². The van der Waals surface area contributed by atoms with Gasteiger partial charge in [0.15, 0.2) is 11.6 Å². The number of nitrogens with one attached hydrogen (secondary N) is 2. The fraction of sp³-hybridized carbons (Fsp3) is 0.348. The second kappa shape index (κ2) is 16.7. The highest BCUT2D eigenvalue weighted by Gasteiger charge is 2.45. The van der Waals surface area contributed by atoms with Gasteiger partial charge in [-0.15, -0.1) is 0 Å². The molecule has 0 aliphatic carbocycles. The summed E-state index contributed by atoms with van der Waals surface area (Å²) in [6, 6.07) is 12.5. The average molecular weight is 857 g/mol. The molecule has 4 aliphatic rings. The van der Waals surface area contributed by atoms with Crippen LogP contribution in [0.15, 0.2) is 59.1 Å². The summed E-state index contributed by atoms with van der Waals surface area (Å²) in [6.45, 7) is 4.97. The molecule has 2 aromatic heterocycles. The number of halogens is 2. The molecule has 0 spiro atoms. The third-order valence-corrected chi connectivity index (χ3v) is 12.3. The van der Waals surface area contributed by atoms with E-state index in [1.807, 2.05) is 36.9 Å². The number of likely N-dealkylation sites (tertiary alicyclic amines) is 1.